The molecule has 0 saturated carbocycles. The van der Waals surface area contributed by atoms with Crippen molar-refractivity contribution in [2.24, 2.45) is 0 Å². The number of aliphatic hydroxyl groups excluding tert-OH is 2. The number of anilines is 1. The molecule has 0 radical (unpaired) electrons. The number of nitrogen functional groups attached to an aromatic ring is 1. The van der Waals surface area contributed by atoms with Gasteiger partial charge in [0.1, 0.15) is 30.2 Å². The molecule has 12 heteroatoms. The van der Waals surface area contributed by atoms with Gasteiger partial charge < -0.3 is 25.4 Å². The second-order valence-electron chi connectivity index (χ2n) is 6.51. The third kappa shape index (κ3) is 3.49. The van der Waals surface area contributed by atoms with Crippen LogP contribution >= 0.6 is 0 Å². The van der Waals surface area contributed by atoms with Gasteiger partial charge in [0.15, 0.2) is 17.7 Å². The Morgan fingerprint density at radius 3 is 2.72 bits per heavy atom. The summed E-state index contributed by atoms with van der Waals surface area (Å²) in [7, 11) is 0. The summed E-state index contributed by atoms with van der Waals surface area (Å²) < 4.78 is 12.5. The minimum Gasteiger partial charge on any atom is -0.387 e. The Balaban J connectivity index is 1.51. The molecule has 2 aromatic heterocycles. The van der Waals surface area contributed by atoms with E-state index in [1.54, 1.807) is 30.3 Å². The van der Waals surface area contributed by atoms with Crippen LogP contribution in [0.5, 0.6) is 0 Å². The highest BCUT2D eigenvalue weighted by Crippen LogP contribution is 2.33. The molecule has 0 aliphatic carbocycles. The van der Waals surface area contributed by atoms with E-state index in [4.69, 9.17) is 15.2 Å². The second kappa shape index (κ2) is 7.67. The maximum absolute atomic E-state index is 11.4. The lowest BCUT2D eigenvalue weighted by atomic mass is 10.1. The van der Waals surface area contributed by atoms with Crippen LogP contribution in [0.15, 0.2) is 43.0 Å². The Hall–Kier alpha value is -3.19. The lowest BCUT2D eigenvalue weighted by Gasteiger charge is -2.17. The van der Waals surface area contributed by atoms with Crippen molar-refractivity contribution < 1.29 is 24.6 Å². The standard InChI is InChI=1S/C17H18N6O6/c18-14-11-15(20-7-19-14)22(8-21-11)17-13(25)12(24)10(29-17)6-28-16(23(26)27)9-4-2-1-3-5-9/h1-5,7-8,10,12-13,16-17,24-25H,6H2,(H2,18,19,20)/t10-,12-,13-,16?,17-/m1/s1. The van der Waals surface area contributed by atoms with E-state index in [0.29, 0.717) is 16.7 Å². The van der Waals surface area contributed by atoms with Gasteiger partial charge in [-0.25, -0.2) is 15.0 Å². The van der Waals surface area contributed by atoms with E-state index in [1.165, 1.54) is 17.2 Å². The number of rotatable bonds is 6. The number of hydrogen-bond donors (Lipinski definition) is 3. The van der Waals surface area contributed by atoms with E-state index in [1.807, 2.05) is 0 Å². The van der Waals surface area contributed by atoms with Crippen LogP contribution in [-0.4, -0.2) is 59.6 Å². The number of imidazole rings is 1. The number of benzene rings is 1. The fourth-order valence-electron chi connectivity index (χ4n) is 3.24. The summed E-state index contributed by atoms with van der Waals surface area (Å²) in [6, 6.07) is 8.19. The molecule has 0 bridgehead atoms. The van der Waals surface area contributed by atoms with Crippen LogP contribution in [0.25, 0.3) is 11.2 Å². The first-order valence-corrected chi connectivity index (χ1v) is 8.72. The molecule has 3 heterocycles. The lowest BCUT2D eigenvalue weighted by molar-refractivity contribution is -0.585. The largest absolute Gasteiger partial charge is 0.387 e. The predicted molar refractivity (Wildman–Crippen MR) is 97.8 cm³/mol. The van der Waals surface area contributed by atoms with E-state index in [-0.39, 0.29) is 12.4 Å². The van der Waals surface area contributed by atoms with Crippen LogP contribution in [0.3, 0.4) is 0 Å². The van der Waals surface area contributed by atoms with E-state index in [2.05, 4.69) is 15.0 Å². The van der Waals surface area contributed by atoms with E-state index in [9.17, 15) is 20.3 Å². The number of hydrogen-bond acceptors (Lipinski definition) is 10. The van der Waals surface area contributed by atoms with Gasteiger partial charge in [-0.15, -0.1) is 0 Å². The molecule has 0 amide bonds. The molecule has 1 aliphatic heterocycles. The van der Waals surface area contributed by atoms with Crippen LogP contribution in [0.4, 0.5) is 5.82 Å². The van der Waals surface area contributed by atoms with Gasteiger partial charge in [-0.05, 0) is 12.1 Å². The normalized spacial score (nSPS) is 25.3. The molecule has 1 fully saturated rings. The number of nitrogens with zero attached hydrogens (tertiary/aromatic N) is 5. The number of nitro groups is 1. The average Bonchev–Trinajstić information content (AvgIpc) is 3.26. The zero-order valence-electron chi connectivity index (χ0n) is 15.0. The number of aromatic nitrogens is 4. The zero-order valence-corrected chi connectivity index (χ0v) is 15.0. The van der Waals surface area contributed by atoms with Gasteiger partial charge in [-0.3, -0.25) is 14.7 Å². The summed E-state index contributed by atoms with van der Waals surface area (Å²) in [4.78, 5) is 22.8. The van der Waals surface area contributed by atoms with Crippen LogP contribution in [0, 0.1) is 10.1 Å². The summed E-state index contributed by atoms with van der Waals surface area (Å²) in [5.41, 5.74) is 6.77. The number of aliphatic hydroxyl groups is 2. The number of nitrogens with two attached hydrogens (primary N) is 1. The molecular weight excluding hydrogens is 384 g/mol. The van der Waals surface area contributed by atoms with Crippen molar-refractivity contribution in [2.45, 2.75) is 30.8 Å². The average molecular weight is 402 g/mol. The Bertz CT molecular complexity index is 1010. The third-order valence-corrected chi connectivity index (χ3v) is 4.69. The fourth-order valence-corrected chi connectivity index (χ4v) is 3.24. The summed E-state index contributed by atoms with van der Waals surface area (Å²) in [6.45, 7) is -0.307. The van der Waals surface area contributed by atoms with Crippen molar-refractivity contribution in [2.75, 3.05) is 12.3 Å². The van der Waals surface area contributed by atoms with Crippen molar-refractivity contribution in [3.63, 3.8) is 0 Å². The predicted octanol–water partition coefficient (Wildman–Crippen LogP) is 0.0198. The third-order valence-electron chi connectivity index (χ3n) is 4.69. The summed E-state index contributed by atoms with van der Waals surface area (Å²) >= 11 is 0. The number of fused-ring (bicyclic) bond motifs is 1. The van der Waals surface area contributed by atoms with Crippen molar-refractivity contribution in [1.82, 2.24) is 19.5 Å². The zero-order chi connectivity index (χ0) is 20.5. The smallest absolute Gasteiger partial charge is 0.342 e. The van der Waals surface area contributed by atoms with Gasteiger partial charge in [0.2, 0.25) is 0 Å². The Morgan fingerprint density at radius 1 is 1.24 bits per heavy atom. The second-order valence-corrected chi connectivity index (χ2v) is 6.51. The highest BCUT2D eigenvalue weighted by Gasteiger charge is 2.45. The van der Waals surface area contributed by atoms with Crippen LogP contribution in [0.1, 0.15) is 18.0 Å². The molecule has 0 spiro atoms. The van der Waals surface area contributed by atoms with Gasteiger partial charge in [-0.1, -0.05) is 18.2 Å². The fraction of sp³-hybridized carbons (Fsp3) is 0.353. The molecule has 1 aromatic carbocycles. The molecule has 29 heavy (non-hydrogen) atoms. The highest BCUT2D eigenvalue weighted by atomic mass is 16.7. The maximum atomic E-state index is 11.4. The van der Waals surface area contributed by atoms with Gasteiger partial charge in [0, 0.05) is 0 Å². The highest BCUT2D eigenvalue weighted by molar-refractivity contribution is 5.81. The molecule has 5 atom stereocenters. The van der Waals surface area contributed by atoms with Gasteiger partial charge in [0.25, 0.3) is 0 Å². The summed E-state index contributed by atoms with van der Waals surface area (Å²) in [6.07, 6.45) is -3.51. The Morgan fingerprint density at radius 2 is 2.00 bits per heavy atom. The number of ether oxygens (including phenoxy) is 2. The molecule has 3 aromatic rings. The molecular formula is C17H18N6O6. The minimum atomic E-state index is -1.43. The quantitative estimate of drug-likeness (QED) is 0.290. The van der Waals surface area contributed by atoms with Crippen molar-refractivity contribution >= 4 is 17.0 Å². The first-order valence-electron chi connectivity index (χ1n) is 8.72. The monoisotopic (exact) mass is 402 g/mol. The first kappa shape index (κ1) is 19.1. The van der Waals surface area contributed by atoms with Crippen molar-refractivity contribution in [3.8, 4) is 0 Å². The topological polar surface area (TPSA) is 172 Å². The van der Waals surface area contributed by atoms with E-state index >= 15 is 0 Å². The molecule has 1 saturated heterocycles. The molecule has 1 unspecified atom stereocenters. The molecule has 1 aliphatic rings. The molecule has 152 valence electrons. The molecule has 12 nitrogen and oxygen atoms in total. The van der Waals surface area contributed by atoms with Gasteiger partial charge in [-0.2, -0.15) is 0 Å². The van der Waals surface area contributed by atoms with Crippen molar-refractivity contribution in [3.05, 3.63) is 58.7 Å². The van der Waals surface area contributed by atoms with Crippen molar-refractivity contribution in [1.29, 1.82) is 0 Å². The lowest BCUT2D eigenvalue weighted by Crippen LogP contribution is -2.34. The summed E-state index contributed by atoms with van der Waals surface area (Å²) in [5, 5.41) is 32.2. The minimum absolute atomic E-state index is 0.165. The molecule has 4 N–H and O–H groups in total. The van der Waals surface area contributed by atoms with Gasteiger partial charge in [0.05, 0.1) is 23.4 Å². The Kier molecular flexibility index (Phi) is 5.07. The molecule has 4 rings (SSSR count). The Labute approximate surface area is 163 Å². The van der Waals surface area contributed by atoms with Gasteiger partial charge >= 0.3 is 6.23 Å². The van der Waals surface area contributed by atoms with Crippen LogP contribution < -0.4 is 5.73 Å². The first-order chi connectivity index (χ1) is 14.0. The van der Waals surface area contributed by atoms with E-state index < -0.39 is 35.7 Å². The van der Waals surface area contributed by atoms with E-state index in [0.717, 1.165) is 0 Å². The van der Waals surface area contributed by atoms with Crippen LogP contribution in [-0.2, 0) is 9.47 Å². The summed E-state index contributed by atoms with van der Waals surface area (Å²) in [5.74, 6) is 0.165. The maximum Gasteiger partial charge on any atom is 0.342 e. The SMILES string of the molecule is Nc1ncnc2c1ncn2[C@@H]1O[C@H](COC(c2ccccc2)[N+](=O)[O-])[C@@H](O)[C@H]1O. The van der Waals surface area contributed by atoms with Crippen LogP contribution in [0.2, 0.25) is 0 Å².